The Kier molecular flexibility index (Phi) is 5.95. The Bertz CT molecular complexity index is 925. The van der Waals surface area contributed by atoms with Gasteiger partial charge in [0.15, 0.2) is 0 Å². The number of para-hydroxylation sites is 1. The maximum absolute atomic E-state index is 12.8. The number of H-pyrrole nitrogens is 1. The maximum Gasteiger partial charge on any atom is 0.346 e. The van der Waals surface area contributed by atoms with Crippen LogP contribution in [0, 0.1) is 6.92 Å². The summed E-state index contributed by atoms with van der Waals surface area (Å²) in [7, 11) is 0. The molecule has 1 aromatic carbocycles. The van der Waals surface area contributed by atoms with Crippen LogP contribution < -0.4 is 10.6 Å². The van der Waals surface area contributed by atoms with Gasteiger partial charge >= 0.3 is 11.7 Å². The van der Waals surface area contributed by atoms with Crippen molar-refractivity contribution < 1.29 is 14.3 Å². The Morgan fingerprint density at radius 3 is 2.89 bits per heavy atom. The number of aromatic amines is 1. The Labute approximate surface area is 161 Å². The Morgan fingerprint density at radius 2 is 2.11 bits per heavy atom. The van der Waals surface area contributed by atoms with Crippen molar-refractivity contribution in [2.75, 3.05) is 23.8 Å². The molecular weight excluding hydrogens is 366 g/mol. The van der Waals surface area contributed by atoms with Gasteiger partial charge in [-0.1, -0.05) is 30.0 Å². The molecule has 2 aromatic rings. The third-order valence-corrected chi connectivity index (χ3v) is 5.27. The summed E-state index contributed by atoms with van der Waals surface area (Å²) < 4.78 is 5.05. The van der Waals surface area contributed by atoms with Crippen LogP contribution in [0.1, 0.15) is 35.0 Å². The lowest BCUT2D eigenvalue weighted by atomic mass is 10.0. The predicted octanol–water partition coefficient (Wildman–Crippen LogP) is 2.33. The molecule has 27 heavy (non-hydrogen) atoms. The standard InChI is InChI=1S/C19H21N3O4S/c1-3-26-18(24)16-12(2)20-19(25)21-17(16)27-11-15(23)22-10-6-8-13-7-4-5-9-14(13)22/h4-5,7,9H,3,6,8,10-11H2,1-2H3,(H,20,21,25). The van der Waals surface area contributed by atoms with Crippen molar-refractivity contribution in [3.8, 4) is 0 Å². The van der Waals surface area contributed by atoms with Gasteiger partial charge in [-0.05, 0) is 38.3 Å². The van der Waals surface area contributed by atoms with Crippen molar-refractivity contribution >= 4 is 29.3 Å². The molecule has 142 valence electrons. The van der Waals surface area contributed by atoms with Crippen LogP contribution in [0.3, 0.4) is 0 Å². The van der Waals surface area contributed by atoms with E-state index in [4.69, 9.17) is 4.74 Å². The number of carbonyl (C=O) groups is 2. The molecule has 0 saturated carbocycles. The summed E-state index contributed by atoms with van der Waals surface area (Å²) in [5.41, 5.74) is 2.10. The first-order chi connectivity index (χ1) is 13.0. The lowest BCUT2D eigenvalue weighted by Gasteiger charge is -2.29. The topological polar surface area (TPSA) is 92.4 Å². The molecule has 0 radical (unpaired) electrons. The highest BCUT2D eigenvalue weighted by molar-refractivity contribution is 8.00. The SMILES string of the molecule is CCOC(=O)c1c(SCC(=O)N2CCCc3ccccc32)nc(=O)[nH]c1C. The van der Waals surface area contributed by atoms with Crippen LogP contribution in [0.4, 0.5) is 5.69 Å². The number of hydrogen-bond donors (Lipinski definition) is 1. The third-order valence-electron chi connectivity index (χ3n) is 4.31. The van der Waals surface area contributed by atoms with E-state index < -0.39 is 11.7 Å². The molecule has 1 aliphatic rings. The molecule has 0 saturated heterocycles. The normalized spacial score (nSPS) is 13.2. The number of hydrogen-bond acceptors (Lipinski definition) is 6. The number of esters is 1. The second-order valence-electron chi connectivity index (χ2n) is 6.13. The first-order valence-electron chi connectivity index (χ1n) is 8.80. The van der Waals surface area contributed by atoms with E-state index in [1.165, 1.54) is 0 Å². The highest BCUT2D eigenvalue weighted by Gasteiger charge is 2.24. The lowest BCUT2D eigenvalue weighted by Crippen LogP contribution is -2.36. The van der Waals surface area contributed by atoms with E-state index in [-0.39, 0.29) is 28.9 Å². The van der Waals surface area contributed by atoms with Gasteiger partial charge in [0.2, 0.25) is 5.91 Å². The number of nitrogens with zero attached hydrogens (tertiary/aromatic N) is 2. The number of fused-ring (bicyclic) bond motifs is 1. The van der Waals surface area contributed by atoms with E-state index in [1.807, 2.05) is 24.3 Å². The zero-order valence-electron chi connectivity index (χ0n) is 15.3. The minimum absolute atomic E-state index is 0.0800. The van der Waals surface area contributed by atoms with E-state index >= 15 is 0 Å². The molecule has 0 aliphatic carbocycles. The number of aromatic nitrogens is 2. The first-order valence-corrected chi connectivity index (χ1v) is 9.79. The van der Waals surface area contributed by atoms with Crippen LogP contribution in [-0.2, 0) is 16.0 Å². The Balaban J connectivity index is 1.80. The molecule has 7 nitrogen and oxygen atoms in total. The number of amides is 1. The van der Waals surface area contributed by atoms with Crippen LogP contribution in [0.2, 0.25) is 0 Å². The molecule has 1 N–H and O–H groups in total. The second-order valence-corrected chi connectivity index (χ2v) is 7.10. The highest BCUT2D eigenvalue weighted by Crippen LogP contribution is 2.28. The summed E-state index contributed by atoms with van der Waals surface area (Å²) in [6, 6.07) is 7.85. The number of rotatable bonds is 5. The number of carbonyl (C=O) groups excluding carboxylic acids is 2. The van der Waals surface area contributed by atoms with E-state index in [1.54, 1.807) is 18.7 Å². The molecule has 0 unspecified atom stereocenters. The zero-order valence-corrected chi connectivity index (χ0v) is 16.1. The largest absolute Gasteiger partial charge is 0.462 e. The number of aryl methyl sites for hydroxylation is 2. The number of ether oxygens (including phenoxy) is 1. The molecule has 0 atom stereocenters. The fourth-order valence-corrected chi connectivity index (χ4v) is 4.05. The van der Waals surface area contributed by atoms with Gasteiger partial charge in [0, 0.05) is 17.9 Å². The number of nitrogens with one attached hydrogen (secondary N) is 1. The van der Waals surface area contributed by atoms with Crippen molar-refractivity contribution in [3.05, 3.63) is 51.6 Å². The summed E-state index contributed by atoms with van der Waals surface area (Å²) in [6.07, 6.45) is 1.86. The van der Waals surface area contributed by atoms with Gasteiger partial charge in [0.05, 0.1) is 12.4 Å². The van der Waals surface area contributed by atoms with Crippen molar-refractivity contribution in [2.24, 2.45) is 0 Å². The van der Waals surface area contributed by atoms with Crippen LogP contribution >= 0.6 is 11.8 Å². The minimum Gasteiger partial charge on any atom is -0.462 e. The van der Waals surface area contributed by atoms with Gasteiger partial charge in [0.1, 0.15) is 10.6 Å². The highest BCUT2D eigenvalue weighted by atomic mass is 32.2. The molecule has 1 aromatic heterocycles. The van der Waals surface area contributed by atoms with E-state index in [2.05, 4.69) is 9.97 Å². The van der Waals surface area contributed by atoms with Crippen molar-refractivity contribution in [2.45, 2.75) is 31.7 Å². The fraction of sp³-hybridized carbons (Fsp3) is 0.368. The Morgan fingerprint density at radius 1 is 1.33 bits per heavy atom. The molecule has 8 heteroatoms. The average Bonchev–Trinajstić information content (AvgIpc) is 2.65. The van der Waals surface area contributed by atoms with E-state index in [9.17, 15) is 14.4 Å². The fourth-order valence-electron chi connectivity index (χ4n) is 3.11. The van der Waals surface area contributed by atoms with Crippen molar-refractivity contribution in [3.63, 3.8) is 0 Å². The monoisotopic (exact) mass is 387 g/mol. The summed E-state index contributed by atoms with van der Waals surface area (Å²) in [4.78, 5) is 44.9. The predicted molar refractivity (Wildman–Crippen MR) is 103 cm³/mol. The molecule has 2 heterocycles. The average molecular weight is 387 g/mol. The molecule has 1 amide bonds. The quantitative estimate of drug-likeness (QED) is 0.481. The molecule has 0 spiro atoms. The maximum atomic E-state index is 12.8. The summed E-state index contributed by atoms with van der Waals surface area (Å²) >= 11 is 1.08. The molecule has 3 rings (SSSR count). The van der Waals surface area contributed by atoms with Crippen LogP contribution in [-0.4, -0.2) is 40.7 Å². The Hall–Kier alpha value is -2.61. The van der Waals surface area contributed by atoms with Crippen LogP contribution in [0.5, 0.6) is 0 Å². The van der Waals surface area contributed by atoms with Crippen LogP contribution in [0.15, 0.2) is 34.1 Å². The first kappa shape index (κ1) is 19.2. The number of thioether (sulfide) groups is 1. The van der Waals surface area contributed by atoms with Crippen molar-refractivity contribution in [1.29, 1.82) is 0 Å². The molecule has 1 aliphatic heterocycles. The van der Waals surface area contributed by atoms with Crippen LogP contribution in [0.25, 0.3) is 0 Å². The summed E-state index contributed by atoms with van der Waals surface area (Å²) in [5.74, 6) is -0.560. The smallest absolute Gasteiger partial charge is 0.346 e. The third kappa shape index (κ3) is 4.21. The summed E-state index contributed by atoms with van der Waals surface area (Å²) in [5, 5.41) is 0.216. The lowest BCUT2D eigenvalue weighted by molar-refractivity contribution is -0.116. The van der Waals surface area contributed by atoms with Gasteiger partial charge in [-0.2, -0.15) is 4.98 Å². The number of benzene rings is 1. The van der Waals surface area contributed by atoms with Gasteiger partial charge < -0.3 is 14.6 Å². The second kappa shape index (κ2) is 8.39. The molecule has 0 bridgehead atoms. The minimum atomic E-state index is -0.558. The van der Waals surface area contributed by atoms with Gasteiger partial charge in [-0.3, -0.25) is 4.79 Å². The zero-order chi connectivity index (χ0) is 19.4. The number of anilines is 1. The van der Waals surface area contributed by atoms with Gasteiger partial charge in [-0.15, -0.1) is 0 Å². The van der Waals surface area contributed by atoms with Gasteiger partial charge in [0.25, 0.3) is 0 Å². The molecular formula is C19H21N3O4S. The van der Waals surface area contributed by atoms with Crippen molar-refractivity contribution in [1.82, 2.24) is 9.97 Å². The molecule has 0 fully saturated rings. The van der Waals surface area contributed by atoms with Gasteiger partial charge in [-0.25, -0.2) is 9.59 Å². The van der Waals surface area contributed by atoms with E-state index in [0.717, 1.165) is 35.9 Å². The van der Waals surface area contributed by atoms with E-state index in [0.29, 0.717) is 12.2 Å². The summed E-state index contributed by atoms with van der Waals surface area (Å²) in [6.45, 7) is 4.19.